The van der Waals surface area contributed by atoms with Crippen LogP contribution in [0.4, 0.5) is 14.5 Å². The standard InChI is InChI=1S/C16H9F2NO7/c17-8-1-2-11(18)9(3-8)13(20)6-24-16(21)10-4-14-15(26-7-25-14)5-12(10)19(22)23/h1-5H,6-7H2. The van der Waals surface area contributed by atoms with Crippen LogP contribution in [0.2, 0.25) is 0 Å². The van der Waals surface area contributed by atoms with Gasteiger partial charge in [0.15, 0.2) is 18.1 Å². The fourth-order valence-electron chi connectivity index (χ4n) is 2.24. The van der Waals surface area contributed by atoms with Crippen molar-refractivity contribution in [2.75, 3.05) is 13.4 Å². The van der Waals surface area contributed by atoms with Crippen LogP contribution in [-0.2, 0) is 4.74 Å². The molecule has 0 amide bonds. The van der Waals surface area contributed by atoms with E-state index >= 15 is 0 Å². The minimum Gasteiger partial charge on any atom is -0.454 e. The van der Waals surface area contributed by atoms with E-state index in [1.54, 1.807) is 0 Å². The highest BCUT2D eigenvalue weighted by molar-refractivity contribution is 6.00. The van der Waals surface area contributed by atoms with Gasteiger partial charge in [0, 0.05) is 6.07 Å². The number of benzene rings is 2. The quantitative estimate of drug-likeness (QED) is 0.347. The summed E-state index contributed by atoms with van der Waals surface area (Å²) in [6.45, 7) is -1.09. The van der Waals surface area contributed by atoms with Gasteiger partial charge in [0.25, 0.3) is 5.69 Å². The molecule has 10 heteroatoms. The number of nitrogens with zero attached hydrogens (tertiary/aromatic N) is 1. The summed E-state index contributed by atoms with van der Waals surface area (Å²) in [5, 5.41) is 11.1. The maximum atomic E-state index is 13.5. The van der Waals surface area contributed by atoms with Crippen LogP contribution in [-0.4, -0.2) is 30.1 Å². The van der Waals surface area contributed by atoms with Crippen molar-refractivity contribution in [2.45, 2.75) is 0 Å². The van der Waals surface area contributed by atoms with Gasteiger partial charge in [-0.25, -0.2) is 13.6 Å². The molecule has 2 aromatic carbocycles. The van der Waals surface area contributed by atoms with E-state index in [2.05, 4.69) is 0 Å². The summed E-state index contributed by atoms with van der Waals surface area (Å²) in [7, 11) is 0. The predicted molar refractivity (Wildman–Crippen MR) is 80.2 cm³/mol. The first-order valence-electron chi connectivity index (χ1n) is 7.10. The zero-order chi connectivity index (χ0) is 18.8. The molecule has 0 N–H and O–H groups in total. The second-order valence-electron chi connectivity index (χ2n) is 5.10. The summed E-state index contributed by atoms with van der Waals surface area (Å²) in [6.07, 6.45) is 0. The van der Waals surface area contributed by atoms with E-state index in [1.165, 1.54) is 0 Å². The first-order valence-corrected chi connectivity index (χ1v) is 7.10. The number of ether oxygens (including phenoxy) is 3. The molecule has 1 aliphatic rings. The van der Waals surface area contributed by atoms with Crippen molar-refractivity contribution in [2.24, 2.45) is 0 Å². The number of hydrogen-bond donors (Lipinski definition) is 0. The fourth-order valence-corrected chi connectivity index (χ4v) is 2.24. The van der Waals surface area contributed by atoms with Gasteiger partial charge in [-0.1, -0.05) is 0 Å². The third-order valence-corrected chi connectivity index (χ3v) is 3.47. The molecule has 134 valence electrons. The molecule has 0 saturated carbocycles. The molecule has 0 bridgehead atoms. The second-order valence-corrected chi connectivity index (χ2v) is 5.10. The van der Waals surface area contributed by atoms with E-state index < -0.39 is 51.7 Å². The van der Waals surface area contributed by atoms with E-state index in [0.29, 0.717) is 6.07 Å². The van der Waals surface area contributed by atoms with Gasteiger partial charge in [-0.2, -0.15) is 0 Å². The van der Waals surface area contributed by atoms with Crippen LogP contribution in [0.3, 0.4) is 0 Å². The van der Waals surface area contributed by atoms with E-state index in [4.69, 9.17) is 14.2 Å². The van der Waals surface area contributed by atoms with Crippen LogP contribution in [0, 0.1) is 21.7 Å². The number of nitro groups is 1. The van der Waals surface area contributed by atoms with Gasteiger partial charge < -0.3 is 14.2 Å². The maximum absolute atomic E-state index is 13.5. The van der Waals surface area contributed by atoms with Crippen LogP contribution in [0.1, 0.15) is 20.7 Å². The highest BCUT2D eigenvalue weighted by atomic mass is 19.1. The van der Waals surface area contributed by atoms with Crippen molar-refractivity contribution < 1.29 is 37.5 Å². The van der Waals surface area contributed by atoms with Crippen LogP contribution >= 0.6 is 0 Å². The molecule has 3 rings (SSSR count). The van der Waals surface area contributed by atoms with Crippen LogP contribution in [0.15, 0.2) is 30.3 Å². The van der Waals surface area contributed by atoms with Crippen LogP contribution in [0.5, 0.6) is 11.5 Å². The SMILES string of the molecule is O=C(COC(=O)c1cc2c(cc1[N+](=O)[O-])OCO2)c1cc(F)ccc1F. The molecule has 0 unspecified atom stereocenters. The molecule has 0 atom stereocenters. The summed E-state index contributed by atoms with van der Waals surface area (Å²) >= 11 is 0. The molecule has 1 heterocycles. The number of ketones is 1. The Balaban J connectivity index is 1.79. The minimum atomic E-state index is -1.19. The summed E-state index contributed by atoms with van der Waals surface area (Å²) in [5.41, 5.74) is -1.67. The highest BCUT2D eigenvalue weighted by Crippen LogP contribution is 2.38. The average Bonchev–Trinajstić information content (AvgIpc) is 3.07. The number of Topliss-reactive ketones (excluding diaryl/α,β-unsaturated/α-hetero) is 1. The highest BCUT2D eigenvalue weighted by Gasteiger charge is 2.28. The molecule has 0 spiro atoms. The molecule has 0 radical (unpaired) electrons. The van der Waals surface area contributed by atoms with Gasteiger partial charge in [0.2, 0.25) is 12.6 Å². The van der Waals surface area contributed by atoms with Crippen molar-refractivity contribution >= 4 is 17.4 Å². The lowest BCUT2D eigenvalue weighted by Gasteiger charge is -2.07. The smallest absolute Gasteiger partial charge is 0.345 e. The minimum absolute atomic E-state index is 0.0890. The Hall–Kier alpha value is -3.56. The van der Waals surface area contributed by atoms with Crippen LogP contribution < -0.4 is 9.47 Å². The topological polar surface area (TPSA) is 105 Å². The normalized spacial score (nSPS) is 11.9. The fraction of sp³-hybridized carbons (Fsp3) is 0.125. The average molecular weight is 365 g/mol. The maximum Gasteiger partial charge on any atom is 0.345 e. The number of esters is 1. The Kier molecular flexibility index (Phi) is 4.48. The van der Waals surface area contributed by atoms with E-state index in [1.807, 2.05) is 0 Å². The predicted octanol–water partition coefficient (Wildman–Crippen LogP) is 2.64. The van der Waals surface area contributed by atoms with Crippen molar-refractivity contribution in [3.05, 3.63) is 63.2 Å². The van der Waals surface area contributed by atoms with Crippen LogP contribution in [0.25, 0.3) is 0 Å². The number of fused-ring (bicyclic) bond motifs is 1. The number of carbonyl (C=O) groups is 2. The summed E-state index contributed by atoms with van der Waals surface area (Å²) in [5.74, 6) is -3.83. The van der Waals surface area contributed by atoms with Crippen molar-refractivity contribution in [1.82, 2.24) is 0 Å². The van der Waals surface area contributed by atoms with E-state index in [0.717, 1.165) is 24.3 Å². The summed E-state index contributed by atoms with van der Waals surface area (Å²) < 4.78 is 41.4. The lowest BCUT2D eigenvalue weighted by Crippen LogP contribution is -2.16. The Morgan fingerprint density at radius 2 is 1.81 bits per heavy atom. The van der Waals surface area contributed by atoms with Gasteiger partial charge in [-0.15, -0.1) is 0 Å². The third kappa shape index (κ3) is 3.29. The number of nitro benzene ring substituents is 1. The molecule has 8 nitrogen and oxygen atoms in total. The van der Waals surface area contributed by atoms with Gasteiger partial charge in [0.1, 0.15) is 17.2 Å². The van der Waals surface area contributed by atoms with E-state index in [-0.39, 0.29) is 18.3 Å². The lowest BCUT2D eigenvalue weighted by molar-refractivity contribution is -0.385. The molecule has 1 aliphatic heterocycles. The van der Waals surface area contributed by atoms with Gasteiger partial charge in [-0.3, -0.25) is 14.9 Å². The molecule has 2 aromatic rings. The monoisotopic (exact) mass is 365 g/mol. The summed E-state index contributed by atoms with van der Waals surface area (Å²) in [4.78, 5) is 34.3. The Bertz CT molecular complexity index is 929. The lowest BCUT2D eigenvalue weighted by atomic mass is 10.1. The van der Waals surface area contributed by atoms with Gasteiger partial charge >= 0.3 is 5.97 Å². The van der Waals surface area contributed by atoms with Crippen molar-refractivity contribution in [3.63, 3.8) is 0 Å². The third-order valence-electron chi connectivity index (χ3n) is 3.47. The Morgan fingerprint density at radius 1 is 1.12 bits per heavy atom. The largest absolute Gasteiger partial charge is 0.454 e. The first-order chi connectivity index (χ1) is 12.4. The van der Waals surface area contributed by atoms with Gasteiger partial charge in [0.05, 0.1) is 16.6 Å². The second kappa shape index (κ2) is 6.75. The number of carbonyl (C=O) groups excluding carboxylic acids is 2. The molecule has 0 aliphatic carbocycles. The summed E-state index contributed by atoms with van der Waals surface area (Å²) in [6, 6.07) is 4.29. The molecule has 26 heavy (non-hydrogen) atoms. The Labute approximate surface area is 144 Å². The first kappa shape index (κ1) is 17.3. The molecule has 0 fully saturated rings. The molecule has 0 saturated heterocycles. The zero-order valence-corrected chi connectivity index (χ0v) is 12.9. The molecule has 0 aromatic heterocycles. The molecular weight excluding hydrogens is 356 g/mol. The number of halogens is 2. The number of hydrogen-bond acceptors (Lipinski definition) is 7. The van der Waals surface area contributed by atoms with Gasteiger partial charge in [-0.05, 0) is 18.2 Å². The number of rotatable bonds is 5. The Morgan fingerprint density at radius 3 is 2.50 bits per heavy atom. The van der Waals surface area contributed by atoms with Crippen molar-refractivity contribution in [3.8, 4) is 11.5 Å². The van der Waals surface area contributed by atoms with E-state index in [9.17, 15) is 28.5 Å². The van der Waals surface area contributed by atoms with Crippen molar-refractivity contribution in [1.29, 1.82) is 0 Å². The zero-order valence-electron chi connectivity index (χ0n) is 12.9. The molecular formula is C16H9F2NO7.